The molecule has 3 N–H and O–H groups in total. The summed E-state index contributed by atoms with van der Waals surface area (Å²) in [5.74, 6) is 8.76. The molecule has 27 heavy (non-hydrogen) atoms. The maximum absolute atomic E-state index is 13.5. The summed E-state index contributed by atoms with van der Waals surface area (Å²) in [5.41, 5.74) is 12.7. The number of nitrogens with one attached hydrogen (secondary N) is 1. The Hall–Kier alpha value is -3.11. The van der Waals surface area contributed by atoms with Crippen LogP contribution in [-0.2, 0) is 0 Å². The van der Waals surface area contributed by atoms with Crippen LogP contribution >= 0.6 is 0 Å². The smallest absolute Gasteiger partial charge is 0.265 e. The lowest BCUT2D eigenvalue weighted by molar-refractivity contribution is 0.519. The molecule has 0 spiro atoms. The van der Waals surface area contributed by atoms with E-state index in [4.69, 9.17) is 22.8 Å². The molecule has 1 unspecified atom stereocenters. The van der Waals surface area contributed by atoms with E-state index in [1.165, 1.54) is 0 Å². The lowest BCUT2D eigenvalue weighted by atomic mass is 10.0. The minimum atomic E-state index is -0.458. The van der Waals surface area contributed by atoms with Crippen molar-refractivity contribution in [2.75, 3.05) is 6.54 Å². The second-order valence-electron chi connectivity index (χ2n) is 6.34. The van der Waals surface area contributed by atoms with E-state index >= 15 is 0 Å². The van der Waals surface area contributed by atoms with Gasteiger partial charge in [0, 0.05) is 23.6 Å². The number of nitrogens with zero attached hydrogens (tertiary/aromatic N) is 5. The first-order chi connectivity index (χ1) is 13.2. The number of nitrogens with two attached hydrogens (primary N) is 1. The normalized spacial score (nSPS) is 16.4. The quantitative estimate of drug-likeness (QED) is 0.195. The molecular formula is C19H21N7O. The van der Waals surface area contributed by atoms with Crippen LogP contribution in [-0.4, -0.2) is 16.1 Å². The fraction of sp³-hybridized carbons (Fsp3) is 0.368. The summed E-state index contributed by atoms with van der Waals surface area (Å²) in [5, 5.41) is 4.75. The number of hydrogen-bond donors (Lipinski definition) is 2. The number of allylic oxidation sites excluding steroid dienone is 4. The van der Waals surface area contributed by atoms with Gasteiger partial charge >= 0.3 is 0 Å². The molecule has 138 valence electrons. The lowest BCUT2D eigenvalue weighted by Gasteiger charge is -2.21. The molecule has 0 saturated heterocycles. The predicted octanol–water partition coefficient (Wildman–Crippen LogP) is 0.997. The van der Waals surface area contributed by atoms with E-state index in [2.05, 4.69) is 21.4 Å². The van der Waals surface area contributed by atoms with Gasteiger partial charge in [0.05, 0.1) is 16.6 Å². The maximum atomic E-state index is 13.5. The highest BCUT2D eigenvalue weighted by atomic mass is 16.1. The van der Waals surface area contributed by atoms with E-state index in [1.807, 2.05) is 24.3 Å². The molecule has 1 heterocycles. The van der Waals surface area contributed by atoms with Crippen molar-refractivity contribution in [1.82, 2.24) is 15.0 Å². The van der Waals surface area contributed by atoms with Crippen LogP contribution in [0, 0.1) is 12.3 Å². The average molecular weight is 363 g/mol. The molecule has 1 aromatic heterocycles. The maximum Gasteiger partial charge on any atom is 0.265 e. The zero-order valence-corrected chi connectivity index (χ0v) is 14.9. The van der Waals surface area contributed by atoms with Crippen molar-refractivity contribution in [1.29, 1.82) is 0 Å². The number of terminal acetylenes is 1. The van der Waals surface area contributed by atoms with Crippen molar-refractivity contribution in [3.63, 3.8) is 0 Å². The van der Waals surface area contributed by atoms with E-state index in [-0.39, 0.29) is 12.1 Å². The van der Waals surface area contributed by atoms with E-state index in [0.29, 0.717) is 29.2 Å². The van der Waals surface area contributed by atoms with Gasteiger partial charge in [-0.1, -0.05) is 23.3 Å². The molecule has 2 aliphatic rings. The third-order valence-electron chi connectivity index (χ3n) is 4.67. The minimum Gasteiger partial charge on any atom is -0.271 e. The van der Waals surface area contributed by atoms with Crippen LogP contribution in [0.2, 0.25) is 0 Å². The molecular weight excluding hydrogens is 342 g/mol. The van der Waals surface area contributed by atoms with Crippen LogP contribution in [0.3, 0.4) is 0 Å². The molecule has 0 amide bonds. The third-order valence-corrected chi connectivity index (χ3v) is 4.67. The van der Waals surface area contributed by atoms with E-state index in [9.17, 15) is 4.79 Å². The summed E-state index contributed by atoms with van der Waals surface area (Å²) in [6.45, 7) is 0.158. The summed E-state index contributed by atoms with van der Waals surface area (Å²) in [6, 6.07) is -0.458. The van der Waals surface area contributed by atoms with Crippen molar-refractivity contribution in [2.24, 2.45) is 11.0 Å². The molecule has 0 saturated carbocycles. The lowest BCUT2D eigenvalue weighted by Crippen LogP contribution is -2.52. The van der Waals surface area contributed by atoms with Crippen LogP contribution in [0.1, 0.15) is 44.0 Å². The molecule has 0 aliphatic heterocycles. The Morgan fingerprint density at radius 3 is 2.96 bits per heavy atom. The van der Waals surface area contributed by atoms with Crippen molar-refractivity contribution in [3.8, 4) is 12.3 Å². The number of aromatic nitrogens is 2. The Kier molecular flexibility index (Phi) is 5.89. The van der Waals surface area contributed by atoms with E-state index in [0.717, 1.165) is 30.5 Å². The summed E-state index contributed by atoms with van der Waals surface area (Å²) < 4.78 is 1.58. The number of fused-ring (bicyclic) bond motifs is 1. The van der Waals surface area contributed by atoms with Gasteiger partial charge in [-0.05, 0) is 42.9 Å². The average Bonchev–Trinajstić information content (AvgIpc) is 2.70. The summed E-state index contributed by atoms with van der Waals surface area (Å²) >= 11 is 0. The Balaban J connectivity index is 2.37. The number of hydrazine groups is 1. The molecule has 0 radical (unpaired) electrons. The van der Waals surface area contributed by atoms with Gasteiger partial charge in [0.2, 0.25) is 0 Å². The van der Waals surface area contributed by atoms with Crippen molar-refractivity contribution < 1.29 is 0 Å². The first-order valence-corrected chi connectivity index (χ1v) is 8.84. The zero-order valence-electron chi connectivity index (χ0n) is 14.9. The second-order valence-corrected chi connectivity index (χ2v) is 6.34. The molecule has 0 fully saturated rings. The third kappa shape index (κ3) is 3.71. The van der Waals surface area contributed by atoms with Gasteiger partial charge in [-0.25, -0.2) is 10.4 Å². The van der Waals surface area contributed by atoms with Crippen molar-refractivity contribution in [2.45, 2.75) is 38.1 Å². The zero-order chi connectivity index (χ0) is 19.2. The Morgan fingerprint density at radius 2 is 2.30 bits per heavy atom. The Bertz CT molecular complexity index is 1060. The summed E-state index contributed by atoms with van der Waals surface area (Å²) in [7, 11) is 0. The summed E-state index contributed by atoms with van der Waals surface area (Å²) in [4.78, 5) is 21.0. The van der Waals surface area contributed by atoms with E-state index < -0.39 is 6.04 Å². The van der Waals surface area contributed by atoms with Gasteiger partial charge in [-0.3, -0.25) is 15.2 Å². The van der Waals surface area contributed by atoms with Crippen LogP contribution in [0.5, 0.6) is 0 Å². The molecule has 8 heteroatoms. The van der Waals surface area contributed by atoms with Crippen LogP contribution in [0.4, 0.5) is 0 Å². The number of hydrogen-bond acceptors (Lipinski definition) is 5. The first kappa shape index (κ1) is 18.7. The largest absolute Gasteiger partial charge is 0.271 e. The Labute approximate surface area is 156 Å². The minimum absolute atomic E-state index is 0.158. The predicted molar refractivity (Wildman–Crippen MR) is 105 cm³/mol. The highest BCUT2D eigenvalue weighted by Crippen LogP contribution is 2.19. The molecule has 3 rings (SSSR count). The highest BCUT2D eigenvalue weighted by molar-refractivity contribution is 5.60. The standard InChI is InChI=1S/C19H21N7O/c1-2-7-16(24-20)18-23-15-11-6-8-13(12-22-25-21)17(15)19(27)26(18)14-9-4-3-5-10-14/h1,4,9-11,16,24H,3,5-8,12,20H2. The topological polar surface area (TPSA) is 122 Å². The fourth-order valence-corrected chi connectivity index (χ4v) is 3.41. The van der Waals surface area contributed by atoms with Gasteiger partial charge < -0.3 is 0 Å². The fourth-order valence-electron chi connectivity index (χ4n) is 3.41. The first-order valence-electron chi connectivity index (χ1n) is 8.84. The van der Waals surface area contributed by atoms with Gasteiger partial charge in [0.15, 0.2) is 0 Å². The van der Waals surface area contributed by atoms with Gasteiger partial charge in [0.25, 0.3) is 5.56 Å². The SMILES string of the molecule is C#CCC(NN)c1nc2c(c(=O)n1C1=CCCC=C1)=C(CN=[N+]=[N-])CCC=2. The molecule has 1 aromatic rings. The molecule has 2 aliphatic carbocycles. The number of azide groups is 1. The van der Waals surface area contributed by atoms with E-state index in [1.54, 1.807) is 4.57 Å². The van der Waals surface area contributed by atoms with Crippen LogP contribution in [0.25, 0.3) is 27.8 Å². The van der Waals surface area contributed by atoms with Gasteiger partial charge in [-0.2, -0.15) is 0 Å². The Morgan fingerprint density at radius 1 is 1.44 bits per heavy atom. The van der Waals surface area contributed by atoms with Crippen molar-refractivity contribution >= 4 is 17.3 Å². The van der Waals surface area contributed by atoms with Gasteiger partial charge in [-0.15, -0.1) is 12.3 Å². The number of rotatable bonds is 6. The molecule has 0 aromatic carbocycles. The summed E-state index contributed by atoms with van der Waals surface area (Å²) in [6.07, 6.45) is 16.8. The van der Waals surface area contributed by atoms with Crippen LogP contribution in [0.15, 0.2) is 28.1 Å². The second kappa shape index (κ2) is 8.52. The molecule has 0 bridgehead atoms. The van der Waals surface area contributed by atoms with Crippen molar-refractivity contribution in [3.05, 3.63) is 55.4 Å². The molecule has 1 atom stereocenters. The van der Waals surface area contributed by atoms with Crippen LogP contribution < -0.4 is 27.4 Å². The van der Waals surface area contributed by atoms with Gasteiger partial charge in [0.1, 0.15) is 5.82 Å². The highest BCUT2D eigenvalue weighted by Gasteiger charge is 2.21. The molecule has 8 nitrogen and oxygen atoms in total. The monoisotopic (exact) mass is 363 g/mol.